The van der Waals surface area contributed by atoms with E-state index in [0.717, 1.165) is 24.3 Å². The minimum Gasteiger partial charge on any atom is -0.452 e. The van der Waals surface area contributed by atoms with Gasteiger partial charge in [0.2, 0.25) is 9.84 Å². The van der Waals surface area contributed by atoms with Crippen LogP contribution >= 0.6 is 0 Å². The van der Waals surface area contributed by atoms with Crippen molar-refractivity contribution in [2.45, 2.75) is 37.0 Å². The largest absolute Gasteiger partial charge is 0.452 e. The first-order valence-corrected chi connectivity index (χ1v) is 9.00. The van der Waals surface area contributed by atoms with Crippen LogP contribution in [-0.2, 0) is 19.4 Å². The highest BCUT2D eigenvalue weighted by Gasteiger charge is 2.30. The zero-order valence-corrected chi connectivity index (χ0v) is 15.1. The lowest BCUT2D eigenvalue weighted by Gasteiger charge is -2.27. The summed E-state index contributed by atoms with van der Waals surface area (Å²) in [4.78, 5) is 23.0. The average Bonchev–Trinajstić information content (AvgIpc) is 2.59. The summed E-state index contributed by atoms with van der Waals surface area (Å²) in [5.74, 6) is -5.38. The maximum absolute atomic E-state index is 12.4. The molecule has 10 heteroatoms. The van der Waals surface area contributed by atoms with Gasteiger partial charge in [0.1, 0.15) is 5.54 Å². The lowest BCUT2D eigenvalue weighted by molar-refractivity contribution is -0.125. The molecule has 26 heavy (non-hydrogen) atoms. The Morgan fingerprint density at radius 3 is 2.23 bits per heavy atom. The summed E-state index contributed by atoms with van der Waals surface area (Å²) < 4.78 is 52.3. The molecule has 1 rings (SSSR count). The van der Waals surface area contributed by atoms with Gasteiger partial charge >= 0.3 is 11.7 Å². The summed E-state index contributed by atoms with van der Waals surface area (Å²) in [6.45, 7) is 4.36. The molecular formula is C16H18F2N2O5S. The van der Waals surface area contributed by atoms with Gasteiger partial charge < -0.3 is 10.1 Å². The molecule has 1 aromatic carbocycles. The highest BCUT2D eigenvalue weighted by Crippen LogP contribution is 2.19. The first kappa shape index (κ1) is 21.5. The highest BCUT2D eigenvalue weighted by molar-refractivity contribution is 7.91. The molecule has 0 aliphatic rings. The van der Waals surface area contributed by atoms with Crippen LogP contribution in [0.5, 0.6) is 0 Å². The van der Waals surface area contributed by atoms with Crippen LogP contribution in [0.2, 0.25) is 0 Å². The lowest BCUT2D eigenvalue weighted by Crippen LogP contribution is -2.50. The smallest absolute Gasteiger partial charge is 0.341 e. The second-order valence-electron chi connectivity index (χ2n) is 5.92. The summed E-state index contributed by atoms with van der Waals surface area (Å²) in [7, 11) is -4.76. The fourth-order valence-corrected chi connectivity index (χ4v) is 2.45. The number of amides is 1. The minimum absolute atomic E-state index is 0.113. The van der Waals surface area contributed by atoms with Crippen LogP contribution in [0.3, 0.4) is 0 Å². The molecular weight excluding hydrogens is 370 g/mol. The number of halogens is 2. The fourth-order valence-electron chi connectivity index (χ4n) is 1.73. The summed E-state index contributed by atoms with van der Waals surface area (Å²) in [6, 6.07) is 5.67. The molecule has 0 aliphatic heterocycles. The maximum Gasteiger partial charge on any atom is 0.341 e. The summed E-state index contributed by atoms with van der Waals surface area (Å²) in [5.41, 5.74) is -1.24. The van der Waals surface area contributed by atoms with Crippen LogP contribution in [0.15, 0.2) is 29.2 Å². The van der Waals surface area contributed by atoms with Gasteiger partial charge in [-0.3, -0.25) is 4.79 Å². The Morgan fingerprint density at radius 2 is 1.81 bits per heavy atom. The molecule has 0 saturated carbocycles. The molecule has 1 atom stereocenters. The van der Waals surface area contributed by atoms with Gasteiger partial charge in [0.25, 0.3) is 5.91 Å². The SMILES string of the molecule is CC(C)[C@](C)(C#N)NC(=O)COC(=O)c1ccc(S(=O)(=O)C(F)F)cc1. The van der Waals surface area contributed by atoms with E-state index < -0.39 is 44.5 Å². The van der Waals surface area contributed by atoms with E-state index in [0.29, 0.717) is 0 Å². The van der Waals surface area contributed by atoms with Gasteiger partial charge in [-0.1, -0.05) is 13.8 Å². The van der Waals surface area contributed by atoms with Crippen molar-refractivity contribution in [1.29, 1.82) is 5.26 Å². The molecule has 0 saturated heterocycles. The summed E-state index contributed by atoms with van der Waals surface area (Å²) in [6.07, 6.45) is 0. The zero-order valence-electron chi connectivity index (χ0n) is 14.3. The number of sulfone groups is 1. The van der Waals surface area contributed by atoms with E-state index in [9.17, 15) is 26.8 Å². The Labute approximate surface area is 149 Å². The van der Waals surface area contributed by atoms with Crippen LogP contribution < -0.4 is 5.32 Å². The van der Waals surface area contributed by atoms with Crippen molar-refractivity contribution in [1.82, 2.24) is 5.32 Å². The van der Waals surface area contributed by atoms with E-state index in [4.69, 9.17) is 10.00 Å². The Balaban J connectivity index is 2.72. The minimum atomic E-state index is -4.76. The summed E-state index contributed by atoms with van der Waals surface area (Å²) in [5, 5.41) is 11.6. The number of nitriles is 1. The van der Waals surface area contributed by atoms with Crippen LogP contribution in [0.25, 0.3) is 0 Å². The van der Waals surface area contributed by atoms with Crippen molar-refractivity contribution in [3.8, 4) is 6.07 Å². The third kappa shape index (κ3) is 4.98. The van der Waals surface area contributed by atoms with Crippen molar-refractivity contribution >= 4 is 21.7 Å². The molecule has 0 aliphatic carbocycles. The summed E-state index contributed by atoms with van der Waals surface area (Å²) >= 11 is 0. The van der Waals surface area contributed by atoms with Gasteiger partial charge in [0, 0.05) is 0 Å². The number of hydrogen-bond donors (Lipinski definition) is 1. The highest BCUT2D eigenvalue weighted by atomic mass is 32.2. The third-order valence-corrected chi connectivity index (χ3v) is 5.17. The predicted octanol–water partition coefficient (Wildman–Crippen LogP) is 1.89. The molecule has 0 aromatic heterocycles. The molecule has 0 radical (unpaired) electrons. The Bertz CT molecular complexity index is 816. The van der Waals surface area contributed by atoms with E-state index in [-0.39, 0.29) is 11.5 Å². The standard InChI is InChI=1S/C16H18F2N2O5S/c1-10(2)16(3,9-19)20-13(21)8-25-14(22)11-4-6-12(7-5-11)26(23,24)15(17)18/h4-7,10,15H,8H2,1-3H3,(H,20,21)/t16-/m0/s1. The van der Waals surface area contributed by atoms with Crippen molar-refractivity contribution in [2.24, 2.45) is 5.92 Å². The zero-order chi connectivity index (χ0) is 20.1. The molecule has 0 spiro atoms. The van der Waals surface area contributed by atoms with Crippen LogP contribution in [-0.4, -0.2) is 38.2 Å². The molecule has 0 unspecified atom stereocenters. The number of benzene rings is 1. The van der Waals surface area contributed by atoms with E-state index >= 15 is 0 Å². The second-order valence-corrected chi connectivity index (χ2v) is 7.84. The van der Waals surface area contributed by atoms with E-state index in [2.05, 4.69) is 5.32 Å². The molecule has 1 amide bonds. The second kappa shape index (κ2) is 8.23. The van der Waals surface area contributed by atoms with Gasteiger partial charge in [-0.05, 0) is 37.1 Å². The van der Waals surface area contributed by atoms with Gasteiger partial charge in [-0.25, -0.2) is 13.2 Å². The first-order chi connectivity index (χ1) is 11.9. The Morgan fingerprint density at radius 1 is 1.27 bits per heavy atom. The number of ether oxygens (including phenoxy) is 1. The molecule has 0 fully saturated rings. The van der Waals surface area contributed by atoms with Crippen molar-refractivity contribution in [3.05, 3.63) is 29.8 Å². The molecule has 0 heterocycles. The van der Waals surface area contributed by atoms with Crippen LogP contribution in [0.1, 0.15) is 31.1 Å². The van der Waals surface area contributed by atoms with Gasteiger partial charge in [0.15, 0.2) is 6.61 Å². The van der Waals surface area contributed by atoms with Crippen LogP contribution in [0, 0.1) is 17.2 Å². The molecule has 0 bridgehead atoms. The number of nitrogens with one attached hydrogen (secondary N) is 1. The monoisotopic (exact) mass is 388 g/mol. The van der Waals surface area contributed by atoms with Gasteiger partial charge in [0.05, 0.1) is 16.5 Å². The Kier molecular flexibility index (Phi) is 6.80. The van der Waals surface area contributed by atoms with Crippen molar-refractivity contribution in [2.75, 3.05) is 6.61 Å². The number of rotatable bonds is 7. The molecule has 7 nitrogen and oxygen atoms in total. The van der Waals surface area contributed by atoms with E-state index in [1.807, 2.05) is 6.07 Å². The van der Waals surface area contributed by atoms with E-state index in [1.54, 1.807) is 13.8 Å². The molecule has 1 aromatic rings. The topological polar surface area (TPSA) is 113 Å². The normalized spacial score (nSPS) is 13.8. The number of carbonyl (C=O) groups is 2. The van der Waals surface area contributed by atoms with Gasteiger partial charge in [-0.15, -0.1) is 0 Å². The van der Waals surface area contributed by atoms with Crippen molar-refractivity contribution in [3.63, 3.8) is 0 Å². The first-order valence-electron chi connectivity index (χ1n) is 7.45. The number of nitrogens with zero attached hydrogens (tertiary/aromatic N) is 1. The number of esters is 1. The number of hydrogen-bond acceptors (Lipinski definition) is 6. The van der Waals surface area contributed by atoms with E-state index in [1.165, 1.54) is 6.92 Å². The lowest BCUT2D eigenvalue weighted by atomic mass is 9.90. The fraction of sp³-hybridized carbons (Fsp3) is 0.438. The van der Waals surface area contributed by atoms with Crippen LogP contribution in [0.4, 0.5) is 8.78 Å². The number of carbonyl (C=O) groups excluding carboxylic acids is 2. The maximum atomic E-state index is 12.4. The predicted molar refractivity (Wildman–Crippen MR) is 86.9 cm³/mol. The number of alkyl halides is 2. The van der Waals surface area contributed by atoms with Crippen molar-refractivity contribution < 1.29 is 31.5 Å². The Hall–Kier alpha value is -2.54. The molecule has 142 valence electrons. The van der Waals surface area contributed by atoms with Gasteiger partial charge in [-0.2, -0.15) is 14.0 Å². The quantitative estimate of drug-likeness (QED) is 0.714. The molecule has 1 N–H and O–H groups in total. The average molecular weight is 388 g/mol. The third-order valence-electron chi connectivity index (χ3n) is 3.77.